The Morgan fingerprint density at radius 3 is 2.94 bits per heavy atom. The zero-order chi connectivity index (χ0) is 23.6. The first-order valence-electron chi connectivity index (χ1n) is 13.2. The number of ether oxygens (including phenoxy) is 1. The molecular weight excluding hydrogens is 443 g/mol. The highest BCUT2D eigenvalue weighted by Gasteiger charge is 2.54. The van der Waals surface area contributed by atoms with E-state index in [-0.39, 0.29) is 11.8 Å². The highest BCUT2D eigenvalue weighted by molar-refractivity contribution is 6.00. The van der Waals surface area contributed by atoms with E-state index in [0.29, 0.717) is 43.6 Å². The van der Waals surface area contributed by atoms with E-state index in [1.54, 1.807) is 6.20 Å². The van der Waals surface area contributed by atoms with Gasteiger partial charge in [0.2, 0.25) is 5.91 Å². The zero-order valence-electron chi connectivity index (χ0n) is 20.1. The number of fused-ring (bicyclic) bond motifs is 4. The number of halogens is 1. The Kier molecular flexibility index (Phi) is 5.05. The summed E-state index contributed by atoms with van der Waals surface area (Å²) in [6, 6.07) is 10.4. The van der Waals surface area contributed by atoms with Crippen molar-refractivity contribution in [1.29, 1.82) is 0 Å². The molecule has 1 aromatic heterocycles. The highest BCUT2D eigenvalue weighted by Crippen LogP contribution is 2.58. The lowest BCUT2D eigenvalue weighted by molar-refractivity contribution is -0.136. The Hall–Kier alpha value is -2.67. The minimum atomic E-state index is -0.977. The second-order valence-electron chi connectivity index (χ2n) is 11.3. The van der Waals surface area contributed by atoms with Crippen molar-refractivity contribution in [2.45, 2.75) is 50.7 Å². The molecule has 5 aliphatic rings. The van der Waals surface area contributed by atoms with Crippen molar-refractivity contribution in [2.24, 2.45) is 23.7 Å². The van der Waals surface area contributed by atoms with Crippen molar-refractivity contribution in [3.8, 4) is 0 Å². The molecule has 3 heterocycles. The summed E-state index contributed by atoms with van der Waals surface area (Å²) in [6.45, 7) is 3.63. The van der Waals surface area contributed by atoms with Gasteiger partial charge >= 0.3 is 0 Å². The van der Waals surface area contributed by atoms with Crippen LogP contribution in [0.25, 0.3) is 0 Å². The second kappa shape index (κ2) is 8.19. The van der Waals surface area contributed by atoms with Gasteiger partial charge < -0.3 is 19.9 Å². The number of nitrogens with zero attached hydrogens (tertiary/aromatic N) is 3. The van der Waals surface area contributed by atoms with Gasteiger partial charge in [0.05, 0.1) is 31.1 Å². The van der Waals surface area contributed by atoms with Gasteiger partial charge in [0.25, 0.3) is 0 Å². The number of aromatic nitrogens is 1. The molecule has 3 aliphatic carbocycles. The number of anilines is 4. The molecule has 5 atom stereocenters. The first-order chi connectivity index (χ1) is 17.1. The van der Waals surface area contributed by atoms with E-state index in [0.717, 1.165) is 74.0 Å². The SMILES string of the molecule is O=C(C1CC2CC3CC(F)(CCC31)C2)N1Cc2cccnc2Nc2ccc(N3CCOCC3)cc21. The maximum absolute atomic E-state index is 15.3. The van der Waals surface area contributed by atoms with Crippen LogP contribution < -0.4 is 15.1 Å². The molecule has 1 saturated heterocycles. The lowest BCUT2D eigenvalue weighted by Gasteiger charge is -2.54. The van der Waals surface area contributed by atoms with Crippen LogP contribution in [-0.4, -0.2) is 42.9 Å². The van der Waals surface area contributed by atoms with Gasteiger partial charge in [0, 0.05) is 36.5 Å². The maximum atomic E-state index is 15.3. The summed E-state index contributed by atoms with van der Waals surface area (Å²) in [4.78, 5) is 23.3. The molecule has 4 fully saturated rings. The summed E-state index contributed by atoms with van der Waals surface area (Å²) >= 11 is 0. The fraction of sp³-hybridized carbons (Fsp3) is 0.571. The quantitative estimate of drug-likeness (QED) is 0.656. The Bertz CT molecular complexity index is 1150. The highest BCUT2D eigenvalue weighted by atomic mass is 19.1. The van der Waals surface area contributed by atoms with Gasteiger partial charge in [0.15, 0.2) is 0 Å². The fourth-order valence-corrected chi connectivity index (χ4v) is 7.71. The number of pyridine rings is 1. The summed E-state index contributed by atoms with van der Waals surface area (Å²) in [5.41, 5.74) is 2.99. The molecule has 2 aromatic rings. The van der Waals surface area contributed by atoms with E-state index in [2.05, 4.69) is 39.5 Å². The molecule has 6 nitrogen and oxygen atoms in total. The van der Waals surface area contributed by atoms with Gasteiger partial charge in [-0.05, 0) is 80.5 Å². The van der Waals surface area contributed by atoms with E-state index in [1.807, 2.05) is 11.0 Å². The lowest BCUT2D eigenvalue weighted by atomic mass is 9.53. The largest absolute Gasteiger partial charge is 0.378 e. The average molecular weight is 477 g/mol. The third-order valence-corrected chi connectivity index (χ3v) is 9.26. The maximum Gasteiger partial charge on any atom is 0.230 e. The van der Waals surface area contributed by atoms with Crippen LogP contribution >= 0.6 is 0 Å². The Morgan fingerprint density at radius 2 is 2.06 bits per heavy atom. The average Bonchev–Trinajstić information content (AvgIpc) is 3.03. The molecule has 1 aromatic carbocycles. The number of carbonyl (C=O) groups excluding carboxylic acids is 1. The molecule has 184 valence electrons. The van der Waals surface area contributed by atoms with Gasteiger partial charge in [-0.15, -0.1) is 0 Å². The monoisotopic (exact) mass is 476 g/mol. The van der Waals surface area contributed by atoms with Gasteiger partial charge in [-0.2, -0.15) is 0 Å². The predicted octanol–water partition coefficient (Wildman–Crippen LogP) is 5.06. The standard InChI is InChI=1S/C28H33FN4O2/c29-28-6-5-22-20(16-28)12-18(15-28)13-23(22)27(34)33-17-19-2-1-7-30-26(19)31-24-4-3-21(14-25(24)33)32-8-10-35-11-9-32/h1-4,7,14,18,20,22-23H,5-6,8-13,15-17H2,(H,30,31). The van der Waals surface area contributed by atoms with E-state index >= 15 is 4.39 Å². The van der Waals surface area contributed by atoms with Gasteiger partial charge in [-0.25, -0.2) is 9.37 Å². The lowest BCUT2D eigenvalue weighted by Crippen LogP contribution is -2.53. The zero-order valence-corrected chi connectivity index (χ0v) is 20.1. The number of hydrogen-bond acceptors (Lipinski definition) is 5. The Balaban J connectivity index is 1.27. The summed E-state index contributed by atoms with van der Waals surface area (Å²) < 4.78 is 20.8. The smallest absolute Gasteiger partial charge is 0.230 e. The fourth-order valence-electron chi connectivity index (χ4n) is 7.71. The summed E-state index contributed by atoms with van der Waals surface area (Å²) in [5, 5.41) is 3.50. The second-order valence-corrected chi connectivity index (χ2v) is 11.3. The van der Waals surface area contributed by atoms with Crippen LogP contribution in [0.15, 0.2) is 36.5 Å². The molecule has 1 N–H and O–H groups in total. The van der Waals surface area contributed by atoms with Crippen molar-refractivity contribution >= 4 is 28.8 Å². The van der Waals surface area contributed by atoms with E-state index in [9.17, 15) is 4.79 Å². The number of hydrogen-bond donors (Lipinski definition) is 1. The molecule has 7 rings (SSSR count). The number of rotatable bonds is 2. The Labute approximate surface area is 205 Å². The minimum absolute atomic E-state index is 0.0262. The molecule has 3 saturated carbocycles. The molecule has 1 amide bonds. The molecule has 0 spiro atoms. The molecule has 2 aliphatic heterocycles. The Morgan fingerprint density at radius 1 is 1.17 bits per heavy atom. The van der Waals surface area contributed by atoms with Crippen LogP contribution in [0.4, 0.5) is 27.3 Å². The third-order valence-electron chi connectivity index (χ3n) is 9.26. The van der Waals surface area contributed by atoms with Crippen LogP contribution in [0.1, 0.15) is 44.1 Å². The van der Waals surface area contributed by atoms with E-state index in [1.165, 1.54) is 0 Å². The van der Waals surface area contributed by atoms with Crippen molar-refractivity contribution < 1.29 is 13.9 Å². The molecule has 0 radical (unpaired) electrons. The van der Waals surface area contributed by atoms with E-state index in [4.69, 9.17) is 4.74 Å². The first-order valence-corrected chi connectivity index (χ1v) is 13.2. The summed E-state index contributed by atoms with van der Waals surface area (Å²) in [6.07, 6.45) is 6.49. The number of amides is 1. The molecule has 5 unspecified atom stereocenters. The van der Waals surface area contributed by atoms with Crippen LogP contribution in [0.2, 0.25) is 0 Å². The van der Waals surface area contributed by atoms with Gasteiger partial charge in [0.1, 0.15) is 11.5 Å². The van der Waals surface area contributed by atoms with Crippen LogP contribution in [0.5, 0.6) is 0 Å². The summed E-state index contributed by atoms with van der Waals surface area (Å²) in [5.74, 6) is 1.98. The predicted molar refractivity (Wildman–Crippen MR) is 134 cm³/mol. The van der Waals surface area contributed by atoms with Crippen molar-refractivity contribution in [3.63, 3.8) is 0 Å². The van der Waals surface area contributed by atoms with Crippen molar-refractivity contribution in [3.05, 3.63) is 42.1 Å². The van der Waals surface area contributed by atoms with Crippen molar-refractivity contribution in [1.82, 2.24) is 4.98 Å². The number of alkyl halides is 1. The van der Waals surface area contributed by atoms with Gasteiger partial charge in [-0.3, -0.25) is 4.79 Å². The third kappa shape index (κ3) is 3.70. The van der Waals surface area contributed by atoms with Crippen molar-refractivity contribution in [2.75, 3.05) is 41.4 Å². The number of benzene rings is 1. The number of nitrogens with one attached hydrogen (secondary N) is 1. The number of morpholine rings is 1. The normalized spacial score (nSPS) is 33.4. The molecule has 7 heteroatoms. The molecule has 3 bridgehead atoms. The summed E-state index contributed by atoms with van der Waals surface area (Å²) in [7, 11) is 0. The molecule has 35 heavy (non-hydrogen) atoms. The number of carbonyl (C=O) groups is 1. The van der Waals surface area contributed by atoms with Crippen LogP contribution in [0.3, 0.4) is 0 Å². The molecular formula is C28H33FN4O2. The van der Waals surface area contributed by atoms with Crippen LogP contribution in [-0.2, 0) is 16.1 Å². The minimum Gasteiger partial charge on any atom is -0.378 e. The van der Waals surface area contributed by atoms with E-state index < -0.39 is 5.67 Å². The topological polar surface area (TPSA) is 57.7 Å². The van der Waals surface area contributed by atoms with Crippen LogP contribution in [0, 0.1) is 23.7 Å². The first kappa shape index (κ1) is 21.6. The van der Waals surface area contributed by atoms with Gasteiger partial charge in [-0.1, -0.05) is 6.07 Å².